The van der Waals surface area contributed by atoms with Gasteiger partial charge in [0.2, 0.25) is 0 Å². The molecule has 0 aromatic carbocycles. The first-order valence-corrected chi connectivity index (χ1v) is 12.9. The van der Waals surface area contributed by atoms with Crippen molar-refractivity contribution < 1.29 is 37.4 Å². The lowest BCUT2D eigenvalue weighted by Gasteiger charge is -2.61. The van der Waals surface area contributed by atoms with Gasteiger partial charge in [-0.25, -0.2) is 10.1 Å². The van der Waals surface area contributed by atoms with Crippen molar-refractivity contribution in [3.05, 3.63) is 0 Å². The lowest BCUT2D eigenvalue weighted by atomic mass is 9.48. The number of esters is 2. The number of hydrogen-bond donors (Lipinski definition) is 1. The average Bonchev–Trinajstić information content (AvgIpc) is 2.70. The van der Waals surface area contributed by atoms with Gasteiger partial charge in [-0.3, -0.25) is 4.79 Å². The number of carbonyl (C=O) groups excluding carboxylic acids is 2. The van der Waals surface area contributed by atoms with Crippen LogP contribution in [-0.4, -0.2) is 34.7 Å². The Morgan fingerprint density at radius 3 is 2.18 bits per heavy atom. The SMILES string of the molecule is CC(C)(C)C1CCC(C(=O)OC23CC4CC(CC(COC(=O)C(F)(F)SOO)(C4)C2)C3)CC1. The zero-order valence-corrected chi connectivity index (χ0v) is 20.6. The van der Waals surface area contributed by atoms with E-state index in [2.05, 4.69) is 25.1 Å². The van der Waals surface area contributed by atoms with Crippen LogP contribution in [0.5, 0.6) is 0 Å². The summed E-state index contributed by atoms with van der Waals surface area (Å²) in [5.41, 5.74) is -0.762. The van der Waals surface area contributed by atoms with E-state index < -0.39 is 34.3 Å². The highest BCUT2D eigenvalue weighted by Gasteiger charge is 2.60. The van der Waals surface area contributed by atoms with Gasteiger partial charge < -0.3 is 9.47 Å². The highest BCUT2D eigenvalue weighted by Crippen LogP contribution is 2.63. The molecule has 5 fully saturated rings. The van der Waals surface area contributed by atoms with E-state index in [1.165, 1.54) is 0 Å². The molecular weight excluding hydrogens is 454 g/mol. The largest absolute Gasteiger partial charge is 0.460 e. The third-order valence-corrected chi connectivity index (χ3v) is 9.07. The minimum atomic E-state index is -3.98. The Bertz CT molecular complexity index is 745. The van der Waals surface area contributed by atoms with Crippen LogP contribution < -0.4 is 0 Å². The van der Waals surface area contributed by atoms with Crippen molar-refractivity contribution in [3.63, 3.8) is 0 Å². The zero-order valence-electron chi connectivity index (χ0n) is 19.7. The fourth-order valence-electron chi connectivity index (χ4n) is 7.53. The minimum Gasteiger partial charge on any atom is -0.460 e. The fourth-order valence-corrected chi connectivity index (χ4v) is 7.75. The second-order valence-corrected chi connectivity index (χ2v) is 13.1. The van der Waals surface area contributed by atoms with Crippen LogP contribution in [0.25, 0.3) is 0 Å². The molecule has 33 heavy (non-hydrogen) atoms. The summed E-state index contributed by atoms with van der Waals surface area (Å²) in [6.45, 7) is 6.63. The summed E-state index contributed by atoms with van der Waals surface area (Å²) in [4.78, 5) is 25.0. The molecule has 9 heteroatoms. The van der Waals surface area contributed by atoms with Crippen LogP contribution in [0.1, 0.15) is 85.0 Å². The second kappa shape index (κ2) is 8.94. The molecule has 0 aromatic heterocycles. The number of carbonyl (C=O) groups is 2. The van der Waals surface area contributed by atoms with Crippen molar-refractivity contribution in [2.24, 2.45) is 34.5 Å². The highest BCUT2D eigenvalue weighted by atomic mass is 32.2. The molecule has 5 aliphatic rings. The van der Waals surface area contributed by atoms with Gasteiger partial charge in [0, 0.05) is 5.41 Å². The van der Waals surface area contributed by atoms with Crippen molar-refractivity contribution >= 4 is 24.0 Å². The Hall–Kier alpha value is -0.930. The molecule has 0 saturated heterocycles. The summed E-state index contributed by atoms with van der Waals surface area (Å²) < 4.78 is 42.0. The van der Waals surface area contributed by atoms with E-state index in [0.717, 1.165) is 57.8 Å². The molecular formula is C24H36F2O6S. The first kappa shape index (κ1) is 25.2. The van der Waals surface area contributed by atoms with E-state index >= 15 is 0 Å². The van der Waals surface area contributed by atoms with Gasteiger partial charge in [-0.15, -0.1) is 0 Å². The maximum absolute atomic E-state index is 13.7. The molecule has 0 amide bonds. The Morgan fingerprint density at radius 2 is 1.64 bits per heavy atom. The van der Waals surface area contributed by atoms with E-state index in [4.69, 9.17) is 14.7 Å². The van der Waals surface area contributed by atoms with E-state index in [1.54, 1.807) is 0 Å². The standard InChI is InChI=1S/C24H36F2O6S/c1-21(2,3)18-6-4-17(5-7-18)19(27)31-23-11-15-8-16(12-23)10-22(9-15,13-23)14-30-20(28)24(25,26)33-32-29/h15-18,29H,4-14H2,1-3H3. The molecule has 2 unspecified atom stereocenters. The van der Waals surface area contributed by atoms with E-state index in [9.17, 15) is 18.4 Å². The van der Waals surface area contributed by atoms with Gasteiger partial charge in [-0.05, 0) is 87.4 Å². The van der Waals surface area contributed by atoms with E-state index in [1.807, 2.05) is 0 Å². The Kier molecular flexibility index (Phi) is 6.82. The normalized spacial score (nSPS) is 38.2. The first-order valence-electron chi connectivity index (χ1n) is 12.1. The van der Waals surface area contributed by atoms with Gasteiger partial charge in [-0.2, -0.15) is 13.1 Å². The number of halogens is 2. The zero-order chi connectivity index (χ0) is 24.1. The molecule has 5 saturated carbocycles. The Labute approximate surface area is 198 Å². The smallest absolute Gasteiger partial charge is 0.415 e. The third-order valence-electron chi connectivity index (χ3n) is 8.62. The summed E-state index contributed by atoms with van der Waals surface area (Å²) in [5.74, 6) is -0.584. The molecule has 5 aliphatic carbocycles. The molecule has 2 atom stereocenters. The van der Waals surface area contributed by atoms with Crippen molar-refractivity contribution in [2.45, 2.75) is 95.8 Å². The topological polar surface area (TPSA) is 82.1 Å². The highest BCUT2D eigenvalue weighted by molar-refractivity contribution is 7.96. The van der Waals surface area contributed by atoms with Crippen LogP contribution in [0.4, 0.5) is 8.78 Å². The molecule has 188 valence electrons. The summed E-state index contributed by atoms with van der Waals surface area (Å²) in [7, 11) is 0. The van der Waals surface area contributed by atoms with Crippen LogP contribution in [0, 0.1) is 34.5 Å². The first-order chi connectivity index (χ1) is 15.4. The minimum absolute atomic E-state index is 0.0698. The third kappa shape index (κ3) is 5.35. The van der Waals surface area contributed by atoms with E-state index in [-0.39, 0.29) is 23.9 Å². The Morgan fingerprint density at radius 1 is 1.03 bits per heavy atom. The Balaban J connectivity index is 1.39. The average molecular weight is 491 g/mol. The fraction of sp³-hybridized carbons (Fsp3) is 0.917. The number of hydrogen-bond acceptors (Lipinski definition) is 7. The van der Waals surface area contributed by atoms with Crippen LogP contribution >= 0.6 is 12.0 Å². The van der Waals surface area contributed by atoms with Gasteiger partial charge in [0.15, 0.2) is 0 Å². The van der Waals surface area contributed by atoms with Gasteiger partial charge in [0.25, 0.3) is 0 Å². The molecule has 0 spiro atoms. The molecule has 4 bridgehead atoms. The molecule has 6 nitrogen and oxygen atoms in total. The van der Waals surface area contributed by atoms with Gasteiger partial charge >= 0.3 is 17.2 Å². The maximum atomic E-state index is 13.7. The molecule has 0 radical (unpaired) electrons. The van der Waals surface area contributed by atoms with Crippen molar-refractivity contribution in [1.29, 1.82) is 0 Å². The molecule has 0 heterocycles. The van der Waals surface area contributed by atoms with Crippen molar-refractivity contribution in [1.82, 2.24) is 0 Å². The summed E-state index contributed by atoms with van der Waals surface area (Å²) in [6.07, 6.45) is 8.59. The van der Waals surface area contributed by atoms with Crippen LogP contribution in [0.3, 0.4) is 0 Å². The van der Waals surface area contributed by atoms with Gasteiger partial charge in [0.1, 0.15) is 17.6 Å². The molecule has 0 aliphatic heterocycles. The summed E-state index contributed by atoms with van der Waals surface area (Å²) >= 11 is -0.638. The molecule has 5 rings (SSSR count). The quantitative estimate of drug-likeness (QED) is 0.203. The predicted octanol–water partition coefficient (Wildman–Crippen LogP) is 5.99. The van der Waals surface area contributed by atoms with Gasteiger partial charge in [0.05, 0.1) is 12.5 Å². The maximum Gasteiger partial charge on any atom is 0.415 e. The number of rotatable bonds is 7. The second-order valence-electron chi connectivity index (χ2n) is 12.2. The van der Waals surface area contributed by atoms with Crippen LogP contribution in [-0.2, 0) is 23.4 Å². The number of alkyl halides is 2. The number of ether oxygens (including phenoxy) is 2. The van der Waals surface area contributed by atoms with Crippen LogP contribution in [0.2, 0.25) is 0 Å². The van der Waals surface area contributed by atoms with Crippen molar-refractivity contribution in [2.75, 3.05) is 6.61 Å². The van der Waals surface area contributed by atoms with Crippen molar-refractivity contribution in [3.8, 4) is 0 Å². The van der Waals surface area contributed by atoms with Crippen LogP contribution in [0.15, 0.2) is 0 Å². The lowest BCUT2D eigenvalue weighted by molar-refractivity contribution is -0.216. The monoisotopic (exact) mass is 490 g/mol. The predicted molar refractivity (Wildman–Crippen MR) is 118 cm³/mol. The molecule has 1 N–H and O–H groups in total. The lowest BCUT2D eigenvalue weighted by Crippen LogP contribution is -2.59. The summed E-state index contributed by atoms with van der Waals surface area (Å²) in [5, 5.41) is 4.28. The van der Waals surface area contributed by atoms with Gasteiger partial charge in [-0.1, -0.05) is 20.8 Å². The summed E-state index contributed by atoms with van der Waals surface area (Å²) in [6, 6.07) is 0. The molecule has 0 aromatic rings. The van der Waals surface area contributed by atoms with E-state index in [0.29, 0.717) is 24.2 Å².